The Hall–Kier alpha value is -1.20. The first-order chi connectivity index (χ1) is 15.3. The Labute approximate surface area is 185 Å². The van der Waals surface area contributed by atoms with Crippen molar-refractivity contribution in [2.75, 3.05) is 26.2 Å². The van der Waals surface area contributed by atoms with Crippen LogP contribution >= 0.6 is 18.1 Å². The summed E-state index contributed by atoms with van der Waals surface area (Å²) >= 11 is 5.89. The van der Waals surface area contributed by atoms with Gasteiger partial charge < -0.3 is 14.9 Å². The van der Waals surface area contributed by atoms with Crippen LogP contribution in [0.1, 0.15) is 55.4 Å². The van der Waals surface area contributed by atoms with Gasteiger partial charge in [0.2, 0.25) is 0 Å². The minimum Gasteiger partial charge on any atom is -0.396 e. The van der Waals surface area contributed by atoms with Crippen LogP contribution in [-0.2, 0) is 9.09 Å². The molecule has 0 aliphatic carbocycles. The summed E-state index contributed by atoms with van der Waals surface area (Å²) in [6.07, 6.45) is 0.255. The van der Waals surface area contributed by atoms with Crippen molar-refractivity contribution in [3.8, 4) is 0 Å². The van der Waals surface area contributed by atoms with E-state index in [-0.39, 0.29) is 24.9 Å². The molecular weight excluding hydrogens is 407 g/mol. The molecule has 0 aromatic heterocycles. The first kappa shape index (κ1) is 18.6. The Balaban J connectivity index is 0.000000238. The molecule has 1 saturated heterocycles. The van der Waals surface area contributed by atoms with Gasteiger partial charge in [0.15, 0.2) is 0 Å². The van der Waals surface area contributed by atoms with Gasteiger partial charge in [-0.1, -0.05) is 60.7 Å². The summed E-state index contributed by atoms with van der Waals surface area (Å²) < 4.78 is 47.5. The van der Waals surface area contributed by atoms with Crippen LogP contribution < -0.4 is 5.32 Å². The smallest absolute Gasteiger partial charge is 0.363 e. The molecule has 3 rings (SSSR count). The van der Waals surface area contributed by atoms with Crippen molar-refractivity contribution < 1.29 is 19.7 Å². The van der Waals surface area contributed by atoms with Crippen molar-refractivity contribution in [1.29, 1.82) is 0 Å². The quantitative estimate of drug-likeness (QED) is 0.551. The third-order valence-corrected chi connectivity index (χ3v) is 6.95. The number of hydrogen-bond donors (Lipinski definition) is 2. The van der Waals surface area contributed by atoms with E-state index >= 15 is 0 Å². The summed E-state index contributed by atoms with van der Waals surface area (Å²) in [7, 11) is 0. The van der Waals surface area contributed by atoms with Crippen molar-refractivity contribution >= 4 is 18.1 Å². The number of rotatable bonds is 7. The molecule has 2 N–H and O–H groups in total. The lowest BCUT2D eigenvalue weighted by Crippen LogP contribution is -2.29. The molecule has 1 fully saturated rings. The second-order valence-corrected chi connectivity index (χ2v) is 9.56. The summed E-state index contributed by atoms with van der Waals surface area (Å²) in [6.45, 7) is -2.93. The summed E-state index contributed by atoms with van der Waals surface area (Å²) in [5.74, 6) is 0. The highest BCUT2D eigenvalue weighted by Crippen LogP contribution is 2.60. The molecule has 0 radical (unpaired) electrons. The Bertz CT molecular complexity index is 904. The van der Waals surface area contributed by atoms with Crippen LogP contribution in [0.4, 0.5) is 0 Å². The van der Waals surface area contributed by atoms with Crippen molar-refractivity contribution in [3.05, 3.63) is 71.8 Å². The van der Waals surface area contributed by atoms with Crippen molar-refractivity contribution in [2.24, 2.45) is 0 Å². The Morgan fingerprint density at radius 1 is 1.21 bits per heavy atom. The van der Waals surface area contributed by atoms with Gasteiger partial charge in [-0.3, -0.25) is 4.57 Å². The summed E-state index contributed by atoms with van der Waals surface area (Å²) in [5, 5.41) is 12.0. The molecule has 160 valence electrons. The van der Waals surface area contributed by atoms with E-state index in [2.05, 4.69) is 5.32 Å². The van der Waals surface area contributed by atoms with Gasteiger partial charge in [0, 0.05) is 25.2 Å². The van der Waals surface area contributed by atoms with E-state index in [0.717, 1.165) is 11.1 Å². The Morgan fingerprint density at radius 2 is 1.79 bits per heavy atom. The van der Waals surface area contributed by atoms with Crippen LogP contribution in [0.5, 0.6) is 0 Å². The van der Waals surface area contributed by atoms with Gasteiger partial charge in [-0.15, -0.1) is 0 Å². The zero-order valence-corrected chi connectivity index (χ0v) is 18.4. The molecule has 1 aliphatic rings. The fourth-order valence-electron chi connectivity index (χ4n) is 2.97. The number of aliphatic hydroxyl groups is 1. The zero-order chi connectivity index (χ0) is 24.7. The standard InChI is InChI=1S/C11H15ClNO2P.C11H17NO/c1-10(11-6-3-2-4-7-11)13-8-5-9-15-16(13,12)14;1-10(12-8-5-9-13)11-6-3-2-4-7-11/h2-4,6-7,10H,5,8-9H2,1H3;2-4,6-7,10,12-13H,5,8-9H2,1H3/i2*9D2. The van der Waals surface area contributed by atoms with Crippen LogP contribution in [0.15, 0.2) is 60.7 Å². The maximum atomic E-state index is 12.2. The fraction of sp³-hybridized carbons (Fsp3) is 0.455. The van der Waals surface area contributed by atoms with Crippen molar-refractivity contribution in [1.82, 2.24) is 9.99 Å². The molecule has 2 aromatic carbocycles. The van der Waals surface area contributed by atoms with Gasteiger partial charge in [-0.2, -0.15) is 0 Å². The first-order valence-electron chi connectivity index (χ1n) is 11.6. The molecule has 3 atom stereocenters. The molecule has 0 amide bonds. The Morgan fingerprint density at radius 3 is 2.34 bits per heavy atom. The second-order valence-electron chi connectivity index (χ2n) is 6.68. The topological polar surface area (TPSA) is 61.8 Å². The van der Waals surface area contributed by atoms with E-state index in [1.807, 2.05) is 74.5 Å². The van der Waals surface area contributed by atoms with Crippen LogP contribution in [0.3, 0.4) is 0 Å². The number of hydrogen-bond acceptors (Lipinski definition) is 4. The molecule has 0 spiro atoms. The number of halogens is 1. The molecule has 3 unspecified atom stereocenters. The highest BCUT2D eigenvalue weighted by molar-refractivity contribution is 7.83. The minimum absolute atomic E-state index is 0.101. The largest absolute Gasteiger partial charge is 0.396 e. The summed E-state index contributed by atoms with van der Waals surface area (Å²) in [5.41, 5.74) is 2.14. The normalized spacial score (nSPS) is 25.9. The number of nitrogens with zero attached hydrogens (tertiary/aromatic N) is 1. The van der Waals surface area contributed by atoms with E-state index in [4.69, 9.17) is 26.4 Å². The van der Waals surface area contributed by atoms with Gasteiger partial charge >= 0.3 is 6.87 Å². The predicted molar refractivity (Wildman–Crippen MR) is 120 cm³/mol. The average Bonchev–Trinajstić information content (AvgIpc) is 2.73. The fourth-order valence-corrected chi connectivity index (χ4v) is 4.97. The van der Waals surface area contributed by atoms with Crippen LogP contribution in [0.25, 0.3) is 0 Å². The average molecular weight is 443 g/mol. The van der Waals surface area contributed by atoms with Crippen molar-refractivity contribution in [3.63, 3.8) is 0 Å². The van der Waals surface area contributed by atoms with E-state index < -0.39 is 20.0 Å². The van der Waals surface area contributed by atoms with Crippen LogP contribution in [0, 0.1) is 0 Å². The van der Waals surface area contributed by atoms with Crippen LogP contribution in [-0.4, -0.2) is 36.0 Å². The zero-order valence-electron chi connectivity index (χ0n) is 20.8. The van der Waals surface area contributed by atoms with E-state index in [1.165, 1.54) is 4.67 Å². The minimum atomic E-state index is -3.61. The highest BCUT2D eigenvalue weighted by Gasteiger charge is 2.36. The van der Waals surface area contributed by atoms with E-state index in [9.17, 15) is 4.57 Å². The molecular formula is C22H32ClN2O3P. The molecule has 0 saturated carbocycles. The molecule has 0 bridgehead atoms. The van der Waals surface area contributed by atoms with E-state index in [1.54, 1.807) is 0 Å². The predicted octanol–water partition coefficient (Wildman–Crippen LogP) is 5.54. The summed E-state index contributed by atoms with van der Waals surface area (Å²) in [4.78, 5) is 0. The van der Waals surface area contributed by atoms with Crippen LogP contribution in [0.2, 0.25) is 0 Å². The third kappa shape index (κ3) is 7.86. The van der Waals surface area contributed by atoms with Crippen molar-refractivity contribution in [2.45, 2.75) is 38.8 Å². The lowest BCUT2D eigenvalue weighted by Gasteiger charge is -2.35. The monoisotopic (exact) mass is 442 g/mol. The molecule has 7 heteroatoms. The van der Waals surface area contributed by atoms with Gasteiger partial charge in [0.1, 0.15) is 0 Å². The van der Waals surface area contributed by atoms with Gasteiger partial charge in [0.05, 0.1) is 12.0 Å². The second kappa shape index (κ2) is 12.5. The third-order valence-electron chi connectivity index (χ3n) is 4.64. The van der Waals surface area contributed by atoms with Gasteiger partial charge in [-0.25, -0.2) is 4.67 Å². The lowest BCUT2D eigenvalue weighted by molar-refractivity contribution is 0.194. The number of benzene rings is 2. The maximum absolute atomic E-state index is 12.2. The van der Waals surface area contributed by atoms with Gasteiger partial charge in [-0.05, 0) is 55.6 Å². The summed E-state index contributed by atoms with van der Waals surface area (Å²) in [6, 6.07) is 19.5. The van der Waals surface area contributed by atoms with Gasteiger partial charge in [0.25, 0.3) is 0 Å². The molecule has 2 aromatic rings. The maximum Gasteiger partial charge on any atom is 0.363 e. The molecule has 29 heavy (non-hydrogen) atoms. The molecule has 1 heterocycles. The lowest BCUT2D eigenvalue weighted by atomic mass is 10.1. The SMILES string of the molecule is [2H]C([2H])(O)CCNC(C)c1ccccc1.[2H]C1([2H])CCN(C(C)c2ccccc2)P(=O)(Cl)O1. The molecule has 5 nitrogen and oxygen atoms in total. The first-order valence-corrected chi connectivity index (χ1v) is 12.1. The highest BCUT2D eigenvalue weighted by atomic mass is 35.7. The van der Waals surface area contributed by atoms with E-state index in [0.29, 0.717) is 13.1 Å². The number of nitrogens with one attached hydrogen (secondary N) is 1. The Kier molecular flexibility index (Phi) is 7.99. The molecule has 1 aliphatic heterocycles.